The number of aromatic hydroxyl groups is 1. The summed E-state index contributed by atoms with van der Waals surface area (Å²) in [6.45, 7) is 0. The van der Waals surface area contributed by atoms with E-state index in [4.69, 9.17) is 4.74 Å². The number of Topliss-reactive ketones (excluding diaryl/α,β-unsaturated/α-hetero) is 2. The van der Waals surface area contributed by atoms with Gasteiger partial charge in [-0.15, -0.1) is 0 Å². The second kappa shape index (κ2) is 7.11. The Labute approximate surface area is 192 Å². The Morgan fingerprint density at radius 1 is 0.853 bits per heavy atom. The zero-order valence-electron chi connectivity index (χ0n) is 17.5. The first-order chi connectivity index (χ1) is 16.5. The van der Waals surface area contributed by atoms with Gasteiger partial charge < -0.3 is 9.84 Å². The lowest BCUT2D eigenvalue weighted by atomic mass is 9.73. The Kier molecular flexibility index (Phi) is 4.16. The molecule has 0 fully saturated rings. The van der Waals surface area contributed by atoms with Crippen LogP contribution in [0.25, 0.3) is 10.8 Å². The van der Waals surface area contributed by atoms with Crippen LogP contribution < -0.4 is 4.74 Å². The van der Waals surface area contributed by atoms with Crippen molar-refractivity contribution in [3.05, 3.63) is 123 Å². The van der Waals surface area contributed by atoms with Crippen molar-refractivity contribution < 1.29 is 24.4 Å². The van der Waals surface area contributed by atoms with E-state index in [2.05, 4.69) is 0 Å². The van der Waals surface area contributed by atoms with Crippen LogP contribution in [0.5, 0.6) is 11.5 Å². The van der Waals surface area contributed by atoms with E-state index in [0.717, 1.165) is 10.8 Å². The third-order valence-corrected chi connectivity index (χ3v) is 6.35. The van der Waals surface area contributed by atoms with Gasteiger partial charge >= 0.3 is 0 Å². The van der Waals surface area contributed by atoms with E-state index in [-0.39, 0.29) is 45.4 Å². The number of phenols is 1. The predicted molar refractivity (Wildman–Crippen MR) is 123 cm³/mol. The average molecular weight is 449 g/mol. The SMILES string of the molecule is O=C1C2=C(C(=O)c3ccccc31)C(c1ccc([N+](=O)[O-])cc1)c1c(c(O)cc3ccccc13)O2. The molecule has 4 aromatic carbocycles. The minimum Gasteiger partial charge on any atom is -0.504 e. The van der Waals surface area contributed by atoms with Gasteiger partial charge in [-0.3, -0.25) is 19.7 Å². The van der Waals surface area contributed by atoms with Gasteiger partial charge in [-0.25, -0.2) is 0 Å². The molecule has 0 radical (unpaired) electrons. The van der Waals surface area contributed by atoms with Gasteiger partial charge in [-0.05, 0) is 22.4 Å². The van der Waals surface area contributed by atoms with Gasteiger partial charge in [0.15, 0.2) is 23.0 Å². The maximum atomic E-state index is 13.7. The van der Waals surface area contributed by atoms with Crippen LogP contribution in [-0.2, 0) is 0 Å². The van der Waals surface area contributed by atoms with Gasteiger partial charge in [0.05, 0.1) is 10.5 Å². The van der Waals surface area contributed by atoms with Crippen LogP contribution in [0, 0.1) is 10.1 Å². The maximum Gasteiger partial charge on any atom is 0.269 e. The molecular formula is C27H15NO6. The minimum absolute atomic E-state index is 0.0950. The monoisotopic (exact) mass is 449 g/mol. The summed E-state index contributed by atoms with van der Waals surface area (Å²) < 4.78 is 5.98. The highest BCUT2D eigenvalue weighted by Crippen LogP contribution is 2.52. The third-order valence-electron chi connectivity index (χ3n) is 6.35. The Bertz CT molecular complexity index is 1600. The number of nitrogens with zero attached hydrogens (tertiary/aromatic N) is 1. The molecule has 34 heavy (non-hydrogen) atoms. The number of allylic oxidation sites excluding steroid dienone is 2. The van der Waals surface area contributed by atoms with E-state index in [9.17, 15) is 24.8 Å². The number of carbonyl (C=O) groups is 2. The standard InChI is InChI=1S/C27H15NO6/c29-20-13-15-5-1-2-6-17(15)22-21(14-9-11-16(12-10-14)28(32)33)23-24(30)18-7-3-4-8-19(18)25(31)27(23)34-26(20)22/h1-13,21,29H. The lowest BCUT2D eigenvalue weighted by molar-refractivity contribution is -0.384. The largest absolute Gasteiger partial charge is 0.504 e. The normalized spacial score (nSPS) is 16.5. The van der Waals surface area contributed by atoms with E-state index in [1.807, 2.05) is 24.3 Å². The lowest BCUT2D eigenvalue weighted by Gasteiger charge is -2.33. The van der Waals surface area contributed by atoms with Gasteiger partial charge in [0.1, 0.15) is 0 Å². The molecule has 1 aliphatic heterocycles. The van der Waals surface area contributed by atoms with E-state index in [1.54, 1.807) is 42.5 Å². The molecule has 1 unspecified atom stereocenters. The quantitative estimate of drug-likeness (QED) is 0.328. The molecule has 0 amide bonds. The van der Waals surface area contributed by atoms with Crippen molar-refractivity contribution in [1.82, 2.24) is 0 Å². The second-order valence-corrected chi connectivity index (χ2v) is 8.19. The third kappa shape index (κ3) is 2.70. The number of ether oxygens (including phenoxy) is 1. The molecule has 7 heteroatoms. The number of hydrogen-bond donors (Lipinski definition) is 1. The van der Waals surface area contributed by atoms with Crippen LogP contribution in [0.1, 0.15) is 37.8 Å². The highest BCUT2D eigenvalue weighted by Gasteiger charge is 2.44. The van der Waals surface area contributed by atoms with Crippen LogP contribution in [0.3, 0.4) is 0 Å². The molecule has 0 spiro atoms. The molecule has 0 saturated heterocycles. The van der Waals surface area contributed by atoms with Crippen molar-refractivity contribution in [2.45, 2.75) is 5.92 Å². The number of carbonyl (C=O) groups excluding carboxylic acids is 2. The van der Waals surface area contributed by atoms with Gasteiger partial charge in [-0.1, -0.05) is 60.7 Å². The van der Waals surface area contributed by atoms with Crippen LogP contribution in [-0.4, -0.2) is 21.6 Å². The Morgan fingerprint density at radius 2 is 1.50 bits per heavy atom. The van der Waals surface area contributed by atoms with Gasteiger partial charge in [0, 0.05) is 34.7 Å². The summed E-state index contributed by atoms with van der Waals surface area (Å²) in [4.78, 5) is 37.8. The first kappa shape index (κ1) is 19.9. The molecule has 2 aliphatic rings. The first-order valence-corrected chi connectivity index (χ1v) is 10.5. The molecule has 1 N–H and O–H groups in total. The number of hydrogen-bond acceptors (Lipinski definition) is 6. The number of benzene rings is 4. The summed E-state index contributed by atoms with van der Waals surface area (Å²) in [6.07, 6.45) is 0. The fourth-order valence-electron chi connectivity index (χ4n) is 4.84. The van der Waals surface area contributed by atoms with E-state index < -0.39 is 16.6 Å². The number of fused-ring (bicyclic) bond motifs is 4. The summed E-state index contributed by atoms with van der Waals surface area (Å²) in [7, 11) is 0. The zero-order valence-corrected chi connectivity index (χ0v) is 17.5. The topological polar surface area (TPSA) is 107 Å². The fraction of sp³-hybridized carbons (Fsp3) is 0.0370. The Hall–Kier alpha value is -4.78. The Morgan fingerprint density at radius 3 is 2.21 bits per heavy atom. The minimum atomic E-state index is -0.777. The summed E-state index contributed by atoms with van der Waals surface area (Å²) in [6, 6.07) is 21.3. The second-order valence-electron chi connectivity index (χ2n) is 8.19. The smallest absolute Gasteiger partial charge is 0.269 e. The van der Waals surface area contributed by atoms with Gasteiger partial charge in [0.25, 0.3) is 5.69 Å². The highest BCUT2D eigenvalue weighted by molar-refractivity contribution is 6.27. The van der Waals surface area contributed by atoms with Crippen LogP contribution >= 0.6 is 0 Å². The lowest BCUT2D eigenvalue weighted by Crippen LogP contribution is -2.31. The summed E-state index contributed by atoms with van der Waals surface area (Å²) in [5, 5.41) is 23.5. The van der Waals surface area contributed by atoms with Gasteiger partial charge in [-0.2, -0.15) is 0 Å². The summed E-state index contributed by atoms with van der Waals surface area (Å²) >= 11 is 0. The molecule has 6 rings (SSSR count). The molecule has 0 aromatic heterocycles. The van der Waals surface area contributed by atoms with Crippen LogP contribution in [0.4, 0.5) is 5.69 Å². The number of ketones is 2. The van der Waals surface area contributed by atoms with E-state index in [1.165, 1.54) is 12.1 Å². The fourth-order valence-corrected chi connectivity index (χ4v) is 4.84. The van der Waals surface area contributed by atoms with Crippen molar-refractivity contribution in [1.29, 1.82) is 0 Å². The van der Waals surface area contributed by atoms with Crippen molar-refractivity contribution in [3.63, 3.8) is 0 Å². The Balaban J connectivity index is 1.69. The maximum absolute atomic E-state index is 13.7. The average Bonchev–Trinajstić information content (AvgIpc) is 2.86. The highest BCUT2D eigenvalue weighted by atomic mass is 16.6. The molecule has 1 aliphatic carbocycles. The van der Waals surface area contributed by atoms with E-state index >= 15 is 0 Å². The molecule has 164 valence electrons. The number of non-ortho nitro benzene ring substituents is 1. The van der Waals surface area contributed by atoms with Gasteiger partial charge in [0.2, 0.25) is 5.78 Å². The zero-order chi connectivity index (χ0) is 23.6. The number of nitro groups is 1. The number of nitro benzene ring substituents is 1. The van der Waals surface area contributed by atoms with Crippen molar-refractivity contribution >= 4 is 28.0 Å². The first-order valence-electron chi connectivity index (χ1n) is 10.5. The summed E-state index contributed by atoms with van der Waals surface area (Å²) in [5.41, 5.74) is 1.66. The molecule has 0 saturated carbocycles. The predicted octanol–water partition coefficient (Wildman–Crippen LogP) is 5.31. The van der Waals surface area contributed by atoms with E-state index in [0.29, 0.717) is 11.1 Å². The number of phenolic OH excluding ortho intramolecular Hbond substituents is 1. The van der Waals surface area contributed by atoms with Crippen molar-refractivity contribution in [2.24, 2.45) is 0 Å². The van der Waals surface area contributed by atoms with Crippen LogP contribution in [0.15, 0.2) is 90.2 Å². The molecule has 1 atom stereocenters. The molecular weight excluding hydrogens is 434 g/mol. The number of rotatable bonds is 2. The van der Waals surface area contributed by atoms with Crippen molar-refractivity contribution in [2.75, 3.05) is 0 Å². The van der Waals surface area contributed by atoms with Crippen LogP contribution in [0.2, 0.25) is 0 Å². The molecule has 1 heterocycles. The molecule has 7 nitrogen and oxygen atoms in total. The molecule has 4 aromatic rings. The molecule has 0 bridgehead atoms. The summed E-state index contributed by atoms with van der Waals surface area (Å²) in [5.74, 6) is -1.78. The van der Waals surface area contributed by atoms with Crippen molar-refractivity contribution in [3.8, 4) is 11.5 Å².